The standard InChI is InChI=1S/C12H18N6O2S/c1-14-21(19,20)12-4-3-10(9-11(12)13)15-5-2-7-18-8-6-16-17-18/h3-4,6,8-9,14-15H,2,5,7,13H2,1H3. The van der Waals surface area contributed by atoms with E-state index in [4.69, 9.17) is 5.73 Å². The molecule has 4 N–H and O–H groups in total. The van der Waals surface area contributed by atoms with Crippen LogP contribution in [-0.4, -0.2) is 37.0 Å². The molecule has 0 saturated heterocycles. The van der Waals surface area contributed by atoms with Crippen molar-refractivity contribution >= 4 is 21.4 Å². The van der Waals surface area contributed by atoms with Gasteiger partial charge in [-0.1, -0.05) is 5.21 Å². The highest BCUT2D eigenvalue weighted by Gasteiger charge is 2.14. The van der Waals surface area contributed by atoms with Crippen LogP contribution in [0.5, 0.6) is 0 Å². The van der Waals surface area contributed by atoms with E-state index in [1.54, 1.807) is 29.2 Å². The molecule has 0 amide bonds. The zero-order valence-electron chi connectivity index (χ0n) is 11.7. The van der Waals surface area contributed by atoms with Gasteiger partial charge in [0.2, 0.25) is 10.0 Å². The number of benzene rings is 1. The summed E-state index contributed by atoms with van der Waals surface area (Å²) in [6.07, 6.45) is 4.30. The van der Waals surface area contributed by atoms with Crippen LogP contribution in [0.4, 0.5) is 11.4 Å². The Morgan fingerprint density at radius 3 is 2.81 bits per heavy atom. The summed E-state index contributed by atoms with van der Waals surface area (Å²) in [5, 5.41) is 10.8. The zero-order chi connectivity index (χ0) is 15.3. The number of hydrogen-bond donors (Lipinski definition) is 3. The van der Waals surface area contributed by atoms with Gasteiger partial charge < -0.3 is 11.1 Å². The minimum Gasteiger partial charge on any atom is -0.398 e. The summed E-state index contributed by atoms with van der Waals surface area (Å²) < 4.78 is 27.4. The first-order valence-electron chi connectivity index (χ1n) is 6.44. The SMILES string of the molecule is CNS(=O)(=O)c1ccc(NCCCn2ccnn2)cc1N. The van der Waals surface area contributed by atoms with Gasteiger partial charge in [-0.25, -0.2) is 13.1 Å². The molecule has 1 heterocycles. The van der Waals surface area contributed by atoms with Crippen LogP contribution in [0.3, 0.4) is 0 Å². The maximum absolute atomic E-state index is 11.7. The summed E-state index contributed by atoms with van der Waals surface area (Å²) in [4.78, 5) is 0.0816. The molecule has 114 valence electrons. The highest BCUT2D eigenvalue weighted by molar-refractivity contribution is 7.89. The molecule has 9 heteroatoms. The number of nitrogens with zero attached hydrogens (tertiary/aromatic N) is 3. The van der Waals surface area contributed by atoms with Gasteiger partial charge in [0.1, 0.15) is 4.90 Å². The molecule has 0 atom stereocenters. The first-order chi connectivity index (χ1) is 10.0. The normalized spacial score (nSPS) is 11.5. The average Bonchev–Trinajstić information content (AvgIpc) is 2.96. The van der Waals surface area contributed by atoms with Gasteiger partial charge >= 0.3 is 0 Å². The Balaban J connectivity index is 1.91. The highest BCUT2D eigenvalue weighted by Crippen LogP contribution is 2.22. The van der Waals surface area contributed by atoms with E-state index in [0.29, 0.717) is 0 Å². The second-order valence-corrected chi connectivity index (χ2v) is 6.26. The number of anilines is 2. The summed E-state index contributed by atoms with van der Waals surface area (Å²) in [6, 6.07) is 4.79. The van der Waals surface area contributed by atoms with Crippen molar-refractivity contribution in [3.8, 4) is 0 Å². The average molecular weight is 310 g/mol. The summed E-state index contributed by atoms with van der Waals surface area (Å²) in [6.45, 7) is 1.48. The lowest BCUT2D eigenvalue weighted by Crippen LogP contribution is -2.20. The number of aryl methyl sites for hydroxylation is 1. The number of hydrogen-bond acceptors (Lipinski definition) is 6. The molecule has 0 bridgehead atoms. The van der Waals surface area contributed by atoms with E-state index in [0.717, 1.165) is 25.2 Å². The molecule has 0 radical (unpaired) electrons. The smallest absolute Gasteiger partial charge is 0.242 e. The molecule has 0 saturated carbocycles. The van der Waals surface area contributed by atoms with Crippen LogP contribution in [0.2, 0.25) is 0 Å². The van der Waals surface area contributed by atoms with Gasteiger partial charge in [0.15, 0.2) is 0 Å². The minimum absolute atomic E-state index is 0.0816. The quantitative estimate of drug-likeness (QED) is 0.499. The Labute approximate surface area is 123 Å². The van der Waals surface area contributed by atoms with Gasteiger partial charge in [-0.3, -0.25) is 4.68 Å². The van der Waals surface area contributed by atoms with E-state index >= 15 is 0 Å². The van der Waals surface area contributed by atoms with E-state index in [9.17, 15) is 8.42 Å². The first kappa shape index (κ1) is 15.3. The molecule has 1 aromatic heterocycles. The second-order valence-electron chi connectivity index (χ2n) is 4.41. The van der Waals surface area contributed by atoms with E-state index in [1.807, 2.05) is 0 Å². The van der Waals surface area contributed by atoms with Crippen molar-refractivity contribution in [3.63, 3.8) is 0 Å². The Morgan fingerprint density at radius 1 is 1.38 bits per heavy atom. The second kappa shape index (κ2) is 6.55. The van der Waals surface area contributed by atoms with Crippen molar-refractivity contribution in [1.82, 2.24) is 19.7 Å². The van der Waals surface area contributed by atoms with Crippen molar-refractivity contribution in [3.05, 3.63) is 30.6 Å². The number of nitrogens with one attached hydrogen (secondary N) is 2. The van der Waals surface area contributed by atoms with Crippen molar-refractivity contribution in [2.75, 3.05) is 24.6 Å². The van der Waals surface area contributed by atoms with Gasteiger partial charge in [-0.2, -0.15) is 0 Å². The predicted octanol–water partition coefficient (Wildman–Crippen LogP) is 0.271. The molecule has 2 rings (SSSR count). The van der Waals surface area contributed by atoms with Crippen LogP contribution in [0, 0.1) is 0 Å². The van der Waals surface area contributed by atoms with E-state index < -0.39 is 10.0 Å². The molecular formula is C12H18N6O2S. The molecule has 2 aromatic rings. The lowest BCUT2D eigenvalue weighted by Gasteiger charge is -2.10. The van der Waals surface area contributed by atoms with Crippen LogP contribution >= 0.6 is 0 Å². The molecule has 1 aromatic carbocycles. The molecule has 0 aliphatic heterocycles. The van der Waals surface area contributed by atoms with Crippen LogP contribution in [0.25, 0.3) is 0 Å². The Kier molecular flexibility index (Phi) is 4.76. The zero-order valence-corrected chi connectivity index (χ0v) is 12.5. The number of rotatable bonds is 7. The number of nitrogens with two attached hydrogens (primary N) is 1. The molecule has 0 spiro atoms. The summed E-state index contributed by atoms with van der Waals surface area (Å²) >= 11 is 0. The van der Waals surface area contributed by atoms with E-state index in [-0.39, 0.29) is 10.6 Å². The molecular weight excluding hydrogens is 292 g/mol. The van der Waals surface area contributed by atoms with Crippen molar-refractivity contribution < 1.29 is 8.42 Å². The third kappa shape index (κ3) is 3.92. The molecule has 21 heavy (non-hydrogen) atoms. The molecule has 0 unspecified atom stereocenters. The molecule has 8 nitrogen and oxygen atoms in total. The summed E-state index contributed by atoms with van der Waals surface area (Å²) in [5.74, 6) is 0. The van der Waals surface area contributed by atoms with Crippen LogP contribution in [-0.2, 0) is 16.6 Å². The third-order valence-corrected chi connectivity index (χ3v) is 4.42. The summed E-state index contributed by atoms with van der Waals surface area (Å²) in [5.41, 5.74) is 6.78. The van der Waals surface area contributed by atoms with Crippen LogP contribution < -0.4 is 15.8 Å². The van der Waals surface area contributed by atoms with Crippen molar-refractivity contribution in [1.29, 1.82) is 0 Å². The van der Waals surface area contributed by atoms with Gasteiger partial charge in [0.05, 0.1) is 11.9 Å². The fraction of sp³-hybridized carbons (Fsp3) is 0.333. The van der Waals surface area contributed by atoms with Crippen molar-refractivity contribution in [2.24, 2.45) is 0 Å². The third-order valence-electron chi connectivity index (χ3n) is 2.93. The van der Waals surface area contributed by atoms with Crippen LogP contribution in [0.15, 0.2) is 35.5 Å². The predicted molar refractivity (Wildman–Crippen MR) is 80.2 cm³/mol. The van der Waals surface area contributed by atoms with E-state index in [2.05, 4.69) is 20.4 Å². The summed E-state index contributed by atoms with van der Waals surface area (Å²) in [7, 11) is -2.17. The molecule has 0 fully saturated rings. The molecule has 0 aliphatic carbocycles. The van der Waals surface area contributed by atoms with Gasteiger partial charge in [-0.15, -0.1) is 5.10 Å². The lowest BCUT2D eigenvalue weighted by molar-refractivity contribution is 0.570. The van der Waals surface area contributed by atoms with Crippen molar-refractivity contribution in [2.45, 2.75) is 17.9 Å². The first-order valence-corrected chi connectivity index (χ1v) is 7.92. The Morgan fingerprint density at radius 2 is 2.19 bits per heavy atom. The number of nitrogen functional groups attached to an aromatic ring is 1. The monoisotopic (exact) mass is 310 g/mol. The maximum atomic E-state index is 11.7. The largest absolute Gasteiger partial charge is 0.398 e. The van der Waals surface area contributed by atoms with Crippen LogP contribution in [0.1, 0.15) is 6.42 Å². The number of aromatic nitrogens is 3. The van der Waals surface area contributed by atoms with Gasteiger partial charge in [0, 0.05) is 25.0 Å². The fourth-order valence-electron chi connectivity index (χ4n) is 1.84. The number of sulfonamides is 1. The van der Waals surface area contributed by atoms with Gasteiger partial charge in [-0.05, 0) is 31.7 Å². The highest BCUT2D eigenvalue weighted by atomic mass is 32.2. The Hall–Kier alpha value is -2.13. The fourth-order valence-corrected chi connectivity index (χ4v) is 2.68. The van der Waals surface area contributed by atoms with E-state index in [1.165, 1.54) is 13.1 Å². The minimum atomic E-state index is -3.52. The van der Waals surface area contributed by atoms with Gasteiger partial charge in [0.25, 0.3) is 0 Å². The topological polar surface area (TPSA) is 115 Å². The Bertz CT molecular complexity index is 684. The molecule has 0 aliphatic rings. The maximum Gasteiger partial charge on any atom is 0.242 e. The lowest BCUT2D eigenvalue weighted by atomic mass is 10.2.